The van der Waals surface area contributed by atoms with Gasteiger partial charge in [-0.25, -0.2) is 0 Å². The van der Waals surface area contributed by atoms with Crippen LogP contribution in [-0.4, -0.2) is 18.5 Å². The highest BCUT2D eigenvalue weighted by atomic mass is 35.5. The number of aliphatic hydroxyl groups excluding tert-OH is 1. The Morgan fingerprint density at radius 1 is 1.11 bits per heavy atom. The minimum Gasteiger partial charge on any atom is -0.400 e. The Kier molecular flexibility index (Phi) is 10.1. The Bertz CT molecular complexity index is 340. The van der Waals surface area contributed by atoms with Crippen molar-refractivity contribution in [2.45, 2.75) is 31.6 Å². The molecule has 2 nitrogen and oxygen atoms in total. The molecule has 0 spiro atoms. The maximum Gasteiger partial charge on any atom is 0.123 e. The Hall–Kier alpha value is -1.12. The van der Waals surface area contributed by atoms with Gasteiger partial charge in [0.05, 0.1) is 0 Å². The van der Waals surface area contributed by atoms with Gasteiger partial charge in [-0.2, -0.15) is 0 Å². The first-order valence-corrected chi connectivity index (χ1v) is 6.83. The van der Waals surface area contributed by atoms with Crippen molar-refractivity contribution in [1.29, 1.82) is 0 Å². The fourth-order valence-electron chi connectivity index (χ4n) is 2.32. The van der Waals surface area contributed by atoms with Gasteiger partial charge in [0, 0.05) is 18.1 Å². The zero-order valence-corrected chi connectivity index (χ0v) is 12.3. The van der Waals surface area contributed by atoms with Crippen LogP contribution in [0, 0.1) is 5.92 Å². The highest BCUT2D eigenvalue weighted by Crippen LogP contribution is 2.35. The molecule has 0 aliphatic heterocycles. The van der Waals surface area contributed by atoms with Crippen molar-refractivity contribution < 1.29 is 9.90 Å². The number of hydrogen-bond donors (Lipinski definition) is 1. The minimum atomic E-state index is 0.300. The molecule has 0 radical (unpaired) electrons. The summed E-state index contributed by atoms with van der Waals surface area (Å²) >= 11 is 5.85. The predicted molar refractivity (Wildman–Crippen MR) is 81.6 cm³/mol. The number of carbonyl (C=O) groups is 1. The molecule has 0 bridgehead atoms. The fraction of sp³-hybridized carbons (Fsp3) is 0.438. The van der Waals surface area contributed by atoms with E-state index in [-0.39, 0.29) is 0 Å². The first kappa shape index (κ1) is 17.9. The second-order valence-electron chi connectivity index (χ2n) is 4.30. The SMILES string of the molecule is C=C.CO.O=CC1CCC(c2ccc(Cl)cc2)CC1. The number of aldehydes is 1. The van der Waals surface area contributed by atoms with E-state index in [1.54, 1.807) is 0 Å². The van der Waals surface area contributed by atoms with E-state index in [0.717, 1.165) is 44.1 Å². The van der Waals surface area contributed by atoms with E-state index in [9.17, 15) is 4.79 Å². The second kappa shape index (κ2) is 10.8. The molecule has 1 fully saturated rings. The molecule has 3 heteroatoms. The summed E-state index contributed by atoms with van der Waals surface area (Å²) in [6, 6.07) is 8.11. The zero-order chi connectivity index (χ0) is 14.7. The normalized spacial score (nSPS) is 21.2. The molecule has 1 N–H and O–H groups in total. The molecule has 0 heterocycles. The molecule has 19 heavy (non-hydrogen) atoms. The van der Waals surface area contributed by atoms with Crippen molar-refractivity contribution in [2.75, 3.05) is 7.11 Å². The lowest BCUT2D eigenvalue weighted by Crippen LogP contribution is -2.13. The molecule has 1 aliphatic carbocycles. The van der Waals surface area contributed by atoms with Crippen LogP contribution in [0.4, 0.5) is 0 Å². The third-order valence-corrected chi connectivity index (χ3v) is 3.56. The summed E-state index contributed by atoms with van der Waals surface area (Å²) < 4.78 is 0. The topological polar surface area (TPSA) is 37.3 Å². The maximum atomic E-state index is 10.6. The van der Waals surface area contributed by atoms with Crippen LogP contribution in [0.25, 0.3) is 0 Å². The van der Waals surface area contributed by atoms with Crippen LogP contribution < -0.4 is 0 Å². The number of carbonyl (C=O) groups excluding carboxylic acids is 1. The van der Waals surface area contributed by atoms with Crippen molar-refractivity contribution >= 4 is 17.9 Å². The zero-order valence-electron chi connectivity index (χ0n) is 11.5. The predicted octanol–water partition coefficient (Wildman–Crippen LogP) is 4.22. The van der Waals surface area contributed by atoms with E-state index < -0.39 is 0 Å². The number of halogens is 1. The highest BCUT2D eigenvalue weighted by molar-refractivity contribution is 6.30. The van der Waals surface area contributed by atoms with Gasteiger partial charge in [0.1, 0.15) is 6.29 Å². The standard InChI is InChI=1S/C13H15ClO.C2H4.CH4O/c14-13-7-5-12(6-8-13)11-3-1-10(9-15)2-4-11;2*1-2/h5-11H,1-4H2;1-2H2;2H,1H3. The van der Waals surface area contributed by atoms with E-state index in [0.29, 0.717) is 11.8 Å². The monoisotopic (exact) mass is 282 g/mol. The van der Waals surface area contributed by atoms with Crippen LogP contribution in [-0.2, 0) is 4.79 Å². The van der Waals surface area contributed by atoms with E-state index in [1.807, 2.05) is 12.1 Å². The molecule has 0 saturated heterocycles. The van der Waals surface area contributed by atoms with Gasteiger partial charge in [0.25, 0.3) is 0 Å². The molecule has 0 amide bonds. The van der Waals surface area contributed by atoms with Gasteiger partial charge >= 0.3 is 0 Å². The maximum absolute atomic E-state index is 10.6. The van der Waals surface area contributed by atoms with Gasteiger partial charge in [-0.05, 0) is 49.3 Å². The van der Waals surface area contributed by atoms with Gasteiger partial charge in [0.15, 0.2) is 0 Å². The molecule has 106 valence electrons. The number of benzene rings is 1. The number of rotatable bonds is 2. The van der Waals surface area contributed by atoms with Gasteiger partial charge in [-0.15, -0.1) is 13.2 Å². The quantitative estimate of drug-likeness (QED) is 0.651. The van der Waals surface area contributed by atoms with E-state index in [2.05, 4.69) is 25.3 Å². The molecule has 0 unspecified atom stereocenters. The Morgan fingerprint density at radius 2 is 1.58 bits per heavy atom. The summed E-state index contributed by atoms with van der Waals surface area (Å²) in [5, 5.41) is 7.79. The van der Waals surface area contributed by atoms with Crippen LogP contribution in [0.5, 0.6) is 0 Å². The van der Waals surface area contributed by atoms with E-state index >= 15 is 0 Å². The average Bonchev–Trinajstić information content (AvgIpc) is 2.52. The molecule has 1 saturated carbocycles. The minimum absolute atomic E-state index is 0.300. The third-order valence-electron chi connectivity index (χ3n) is 3.31. The van der Waals surface area contributed by atoms with Crippen LogP contribution in [0.15, 0.2) is 37.4 Å². The molecule has 1 aromatic carbocycles. The summed E-state index contributed by atoms with van der Waals surface area (Å²) in [6.45, 7) is 6.00. The summed E-state index contributed by atoms with van der Waals surface area (Å²) in [5.41, 5.74) is 1.36. The molecule has 2 rings (SSSR count). The summed E-state index contributed by atoms with van der Waals surface area (Å²) in [6.07, 6.45) is 5.45. The van der Waals surface area contributed by atoms with Crippen molar-refractivity contribution in [3.05, 3.63) is 48.0 Å². The Labute approximate surface area is 121 Å². The summed E-state index contributed by atoms with van der Waals surface area (Å²) in [5.74, 6) is 0.923. The van der Waals surface area contributed by atoms with Crippen molar-refractivity contribution in [1.82, 2.24) is 0 Å². The molecule has 0 aromatic heterocycles. The molecule has 0 atom stereocenters. The molecule has 1 aromatic rings. The Balaban J connectivity index is 0.000000741. The van der Waals surface area contributed by atoms with Crippen molar-refractivity contribution in [3.63, 3.8) is 0 Å². The second-order valence-corrected chi connectivity index (χ2v) is 4.74. The first-order valence-electron chi connectivity index (χ1n) is 6.45. The van der Waals surface area contributed by atoms with Crippen LogP contribution in [0.1, 0.15) is 37.2 Å². The van der Waals surface area contributed by atoms with E-state index in [4.69, 9.17) is 16.7 Å². The highest BCUT2D eigenvalue weighted by Gasteiger charge is 2.21. The third kappa shape index (κ3) is 6.04. The van der Waals surface area contributed by atoms with E-state index in [1.165, 1.54) is 5.56 Å². The van der Waals surface area contributed by atoms with Crippen LogP contribution in [0.3, 0.4) is 0 Å². The fourth-order valence-corrected chi connectivity index (χ4v) is 2.45. The largest absolute Gasteiger partial charge is 0.400 e. The first-order chi connectivity index (χ1) is 9.29. The lowest BCUT2D eigenvalue weighted by molar-refractivity contribution is -0.111. The Morgan fingerprint density at radius 3 is 2.00 bits per heavy atom. The van der Waals surface area contributed by atoms with Gasteiger partial charge in [-0.3, -0.25) is 0 Å². The summed E-state index contributed by atoms with van der Waals surface area (Å²) in [4.78, 5) is 10.6. The lowest BCUT2D eigenvalue weighted by Gasteiger charge is -2.25. The average molecular weight is 283 g/mol. The smallest absolute Gasteiger partial charge is 0.123 e. The number of hydrogen-bond acceptors (Lipinski definition) is 2. The molecular formula is C16H23ClO2. The van der Waals surface area contributed by atoms with Gasteiger partial charge in [0.2, 0.25) is 0 Å². The van der Waals surface area contributed by atoms with Gasteiger partial charge in [-0.1, -0.05) is 23.7 Å². The van der Waals surface area contributed by atoms with Crippen molar-refractivity contribution in [2.24, 2.45) is 5.92 Å². The van der Waals surface area contributed by atoms with Crippen molar-refractivity contribution in [3.8, 4) is 0 Å². The van der Waals surface area contributed by atoms with Crippen LogP contribution in [0.2, 0.25) is 5.02 Å². The molecular weight excluding hydrogens is 260 g/mol. The molecule has 1 aliphatic rings. The van der Waals surface area contributed by atoms with Gasteiger partial charge < -0.3 is 9.90 Å². The lowest BCUT2D eigenvalue weighted by atomic mass is 9.79. The van der Waals surface area contributed by atoms with Crippen LogP contribution >= 0.6 is 11.6 Å². The summed E-state index contributed by atoms with van der Waals surface area (Å²) in [7, 11) is 1.00. The number of aliphatic hydroxyl groups is 1.